The first-order valence-electron chi connectivity index (χ1n) is 8.64. The number of fused-ring (bicyclic) bond motifs is 1. The summed E-state index contributed by atoms with van der Waals surface area (Å²) in [5, 5.41) is 9.96. The number of hydrogen-bond donors (Lipinski definition) is 2. The molecule has 0 aliphatic heterocycles. The highest BCUT2D eigenvalue weighted by Gasteiger charge is 2.24. The number of nitrogens with one attached hydrogen (secondary N) is 1. The molecule has 0 amide bonds. The molecule has 6 nitrogen and oxygen atoms in total. The molecule has 1 aliphatic carbocycles. The Morgan fingerprint density at radius 3 is 2.70 bits per heavy atom. The molecule has 142 valence electrons. The van der Waals surface area contributed by atoms with Gasteiger partial charge in [0.15, 0.2) is 6.61 Å². The van der Waals surface area contributed by atoms with Gasteiger partial charge in [0.05, 0.1) is 0 Å². The molecule has 0 spiro atoms. The standard InChI is InChI=1S/C20H21NO5S/c22-20(23)14-26-19-8-4-7-16-13-17(9-10-18(16)19)21-27(24,25)12-11-15-5-2-1-3-6-15/h1-8,11-12,17,21H,9-10,13-14H2,(H,22,23)/b12-11+. The van der Waals surface area contributed by atoms with Gasteiger partial charge in [-0.25, -0.2) is 17.9 Å². The number of hydrogen-bond acceptors (Lipinski definition) is 4. The number of sulfonamides is 1. The fourth-order valence-electron chi connectivity index (χ4n) is 3.15. The first kappa shape index (κ1) is 19.1. The van der Waals surface area contributed by atoms with Crippen molar-refractivity contribution < 1.29 is 23.1 Å². The van der Waals surface area contributed by atoms with E-state index in [9.17, 15) is 13.2 Å². The van der Waals surface area contributed by atoms with Crippen LogP contribution in [-0.4, -0.2) is 32.1 Å². The molecule has 2 aromatic carbocycles. The smallest absolute Gasteiger partial charge is 0.341 e. The summed E-state index contributed by atoms with van der Waals surface area (Å²) in [6.45, 7) is -0.392. The second-order valence-electron chi connectivity index (χ2n) is 6.39. The Hall–Kier alpha value is -2.64. The van der Waals surface area contributed by atoms with Crippen molar-refractivity contribution in [3.63, 3.8) is 0 Å². The summed E-state index contributed by atoms with van der Waals surface area (Å²) >= 11 is 0. The van der Waals surface area contributed by atoms with Gasteiger partial charge >= 0.3 is 5.97 Å². The van der Waals surface area contributed by atoms with E-state index in [-0.39, 0.29) is 6.04 Å². The van der Waals surface area contributed by atoms with E-state index in [1.165, 1.54) is 5.41 Å². The van der Waals surface area contributed by atoms with Crippen LogP contribution in [0.3, 0.4) is 0 Å². The summed E-state index contributed by atoms with van der Waals surface area (Å²) in [6, 6.07) is 14.5. The molecule has 2 N–H and O–H groups in total. The summed E-state index contributed by atoms with van der Waals surface area (Å²) in [4.78, 5) is 10.7. The molecule has 2 aromatic rings. The molecule has 0 saturated carbocycles. The maximum Gasteiger partial charge on any atom is 0.341 e. The Morgan fingerprint density at radius 2 is 1.96 bits per heavy atom. The number of aliphatic carboxylic acids is 1. The average molecular weight is 387 g/mol. The summed E-state index contributed by atoms with van der Waals surface area (Å²) in [6.07, 6.45) is 3.36. The van der Waals surface area contributed by atoms with Gasteiger partial charge in [-0.15, -0.1) is 0 Å². The average Bonchev–Trinajstić information content (AvgIpc) is 2.65. The lowest BCUT2D eigenvalue weighted by molar-refractivity contribution is -0.139. The Kier molecular flexibility index (Phi) is 5.93. The zero-order chi connectivity index (χ0) is 19.3. The highest BCUT2D eigenvalue weighted by molar-refractivity contribution is 7.92. The molecule has 3 rings (SSSR count). The van der Waals surface area contributed by atoms with Crippen LogP contribution in [0.4, 0.5) is 0 Å². The normalized spacial score (nSPS) is 16.8. The molecule has 0 bridgehead atoms. The Balaban J connectivity index is 1.66. The Bertz CT molecular complexity index is 938. The fraction of sp³-hybridized carbons (Fsp3) is 0.250. The zero-order valence-corrected chi connectivity index (χ0v) is 15.5. The van der Waals surface area contributed by atoms with Gasteiger partial charge in [-0.05, 0) is 48.1 Å². The second-order valence-corrected chi connectivity index (χ2v) is 7.99. The minimum Gasteiger partial charge on any atom is -0.482 e. The number of carboxylic acids is 1. The van der Waals surface area contributed by atoms with E-state index in [2.05, 4.69) is 4.72 Å². The number of rotatable bonds is 7. The molecule has 0 fully saturated rings. The van der Waals surface area contributed by atoms with Crippen LogP contribution in [-0.2, 0) is 27.7 Å². The number of carbonyl (C=O) groups is 1. The minimum absolute atomic E-state index is 0.211. The van der Waals surface area contributed by atoms with Crippen LogP contribution in [0, 0.1) is 0 Å². The van der Waals surface area contributed by atoms with Gasteiger partial charge < -0.3 is 9.84 Å². The topological polar surface area (TPSA) is 92.7 Å². The van der Waals surface area contributed by atoms with Gasteiger partial charge in [-0.3, -0.25) is 0 Å². The molecular formula is C20H21NO5S. The first-order chi connectivity index (χ1) is 12.9. The zero-order valence-electron chi connectivity index (χ0n) is 14.7. The van der Waals surface area contributed by atoms with Crippen LogP contribution < -0.4 is 9.46 Å². The number of benzene rings is 2. The molecule has 1 unspecified atom stereocenters. The predicted molar refractivity (Wildman–Crippen MR) is 103 cm³/mol. The molecule has 1 aliphatic rings. The number of carboxylic acid groups (broad SMARTS) is 1. The van der Waals surface area contributed by atoms with Crippen molar-refractivity contribution in [3.05, 3.63) is 70.6 Å². The highest BCUT2D eigenvalue weighted by atomic mass is 32.2. The fourth-order valence-corrected chi connectivity index (χ4v) is 4.23. The van der Waals surface area contributed by atoms with Gasteiger partial charge in [0.2, 0.25) is 10.0 Å². The SMILES string of the molecule is O=C(O)COc1cccc2c1CCC(NS(=O)(=O)/C=C/c1ccccc1)C2. The predicted octanol–water partition coefficient (Wildman–Crippen LogP) is 2.60. The van der Waals surface area contributed by atoms with Crippen molar-refractivity contribution in [2.45, 2.75) is 25.3 Å². The minimum atomic E-state index is -3.55. The van der Waals surface area contributed by atoms with Crippen molar-refractivity contribution in [1.82, 2.24) is 4.72 Å². The highest BCUT2D eigenvalue weighted by Crippen LogP contribution is 2.30. The summed E-state index contributed by atoms with van der Waals surface area (Å²) in [5.74, 6) is -0.473. The molecule has 0 saturated heterocycles. The maximum atomic E-state index is 12.3. The van der Waals surface area contributed by atoms with Crippen LogP contribution in [0.2, 0.25) is 0 Å². The molecule has 1 atom stereocenters. The van der Waals surface area contributed by atoms with Crippen LogP contribution in [0.1, 0.15) is 23.1 Å². The van der Waals surface area contributed by atoms with Crippen molar-refractivity contribution in [2.24, 2.45) is 0 Å². The third-order valence-corrected chi connectivity index (χ3v) is 5.52. The van der Waals surface area contributed by atoms with Gasteiger partial charge in [0.1, 0.15) is 5.75 Å². The van der Waals surface area contributed by atoms with Crippen LogP contribution in [0.5, 0.6) is 5.75 Å². The van der Waals surface area contributed by atoms with Crippen molar-refractivity contribution in [3.8, 4) is 5.75 Å². The molecular weight excluding hydrogens is 366 g/mol. The van der Waals surface area contributed by atoms with Gasteiger partial charge in [0, 0.05) is 11.4 Å². The van der Waals surface area contributed by atoms with Gasteiger partial charge in [-0.2, -0.15) is 0 Å². The summed E-state index contributed by atoms with van der Waals surface area (Å²) in [5.41, 5.74) is 2.75. The lowest BCUT2D eigenvalue weighted by Gasteiger charge is -2.26. The van der Waals surface area contributed by atoms with Gasteiger partial charge in [0.25, 0.3) is 0 Å². The van der Waals surface area contributed by atoms with Gasteiger partial charge in [-0.1, -0.05) is 42.5 Å². The van der Waals surface area contributed by atoms with E-state index in [1.807, 2.05) is 36.4 Å². The summed E-state index contributed by atoms with van der Waals surface area (Å²) in [7, 11) is -3.55. The third-order valence-electron chi connectivity index (χ3n) is 4.36. The Morgan fingerprint density at radius 1 is 1.19 bits per heavy atom. The third kappa shape index (κ3) is 5.42. The molecule has 27 heavy (non-hydrogen) atoms. The van der Waals surface area contributed by atoms with E-state index < -0.39 is 22.6 Å². The van der Waals surface area contributed by atoms with Crippen LogP contribution in [0.15, 0.2) is 53.9 Å². The molecule has 0 heterocycles. The monoisotopic (exact) mass is 387 g/mol. The van der Waals surface area contributed by atoms with E-state index in [4.69, 9.17) is 9.84 Å². The lowest BCUT2D eigenvalue weighted by atomic mass is 9.88. The van der Waals surface area contributed by atoms with E-state index >= 15 is 0 Å². The van der Waals surface area contributed by atoms with E-state index in [1.54, 1.807) is 18.2 Å². The quantitative estimate of drug-likeness (QED) is 0.762. The second kappa shape index (κ2) is 8.37. The molecule has 0 radical (unpaired) electrons. The van der Waals surface area contributed by atoms with Crippen molar-refractivity contribution >= 4 is 22.1 Å². The molecule has 7 heteroatoms. The first-order valence-corrected chi connectivity index (χ1v) is 10.2. The maximum absolute atomic E-state index is 12.3. The van der Waals surface area contributed by atoms with E-state index in [0.717, 1.165) is 16.7 Å². The Labute approximate surface area is 158 Å². The number of ether oxygens (including phenoxy) is 1. The largest absolute Gasteiger partial charge is 0.482 e. The van der Waals surface area contributed by atoms with Crippen molar-refractivity contribution in [1.29, 1.82) is 0 Å². The molecule has 0 aromatic heterocycles. The van der Waals surface area contributed by atoms with Crippen molar-refractivity contribution in [2.75, 3.05) is 6.61 Å². The van der Waals surface area contributed by atoms with Crippen LogP contribution in [0.25, 0.3) is 6.08 Å². The lowest BCUT2D eigenvalue weighted by Crippen LogP contribution is -2.37. The van der Waals surface area contributed by atoms with Crippen LogP contribution >= 0.6 is 0 Å². The van der Waals surface area contributed by atoms with E-state index in [0.29, 0.717) is 25.0 Å². The summed E-state index contributed by atoms with van der Waals surface area (Å²) < 4.78 is 32.7.